The first-order valence-corrected chi connectivity index (χ1v) is 9.73. The quantitative estimate of drug-likeness (QED) is 0.559. The van der Waals surface area contributed by atoms with E-state index in [0.717, 1.165) is 24.8 Å². The first kappa shape index (κ1) is 18.3. The minimum Gasteiger partial charge on any atom is -0.494 e. The van der Waals surface area contributed by atoms with Crippen LogP contribution in [0.4, 0.5) is 0 Å². The summed E-state index contributed by atoms with van der Waals surface area (Å²) in [5.41, 5.74) is 1.34. The Hall–Kier alpha value is -1.02. The van der Waals surface area contributed by atoms with E-state index in [1.165, 1.54) is 63.4 Å². The van der Waals surface area contributed by atoms with Gasteiger partial charge in [-0.05, 0) is 42.9 Å². The molecule has 2 atom stereocenters. The average Bonchev–Trinajstić information content (AvgIpc) is 2.57. The summed E-state index contributed by atoms with van der Waals surface area (Å²) in [5.74, 6) is 1.90. The molecule has 2 heteroatoms. The topological polar surface area (TPSA) is 21.3 Å². The van der Waals surface area contributed by atoms with Crippen molar-refractivity contribution in [3.63, 3.8) is 0 Å². The van der Waals surface area contributed by atoms with Gasteiger partial charge in [-0.1, -0.05) is 64.5 Å². The summed E-state index contributed by atoms with van der Waals surface area (Å²) in [6.45, 7) is 6.44. The van der Waals surface area contributed by atoms with Gasteiger partial charge in [0.25, 0.3) is 0 Å². The minimum atomic E-state index is 0.696. The maximum absolute atomic E-state index is 5.91. The lowest BCUT2D eigenvalue weighted by molar-refractivity contribution is 0.298. The van der Waals surface area contributed by atoms with Gasteiger partial charge in [0.15, 0.2) is 0 Å². The van der Waals surface area contributed by atoms with Crippen molar-refractivity contribution in [1.29, 1.82) is 0 Å². The number of rotatable bonds is 10. The van der Waals surface area contributed by atoms with E-state index in [-0.39, 0.29) is 0 Å². The molecule has 1 N–H and O–H groups in total. The van der Waals surface area contributed by atoms with Crippen LogP contribution in [0.1, 0.15) is 77.2 Å². The van der Waals surface area contributed by atoms with E-state index in [2.05, 4.69) is 43.4 Å². The largest absolute Gasteiger partial charge is 0.494 e. The Morgan fingerprint density at radius 2 is 2.00 bits per heavy atom. The minimum absolute atomic E-state index is 0.696. The highest BCUT2D eigenvalue weighted by molar-refractivity contribution is 5.28. The maximum atomic E-state index is 5.91. The highest BCUT2D eigenvalue weighted by Crippen LogP contribution is 2.24. The average molecular weight is 318 g/mol. The normalized spacial score (nSPS) is 21.3. The van der Waals surface area contributed by atoms with Crippen LogP contribution >= 0.6 is 0 Å². The van der Waals surface area contributed by atoms with Crippen LogP contribution < -0.4 is 10.1 Å². The lowest BCUT2D eigenvalue weighted by Gasteiger charge is -2.27. The molecule has 130 valence electrons. The fraction of sp³-hybridized carbons (Fsp3) is 0.714. The van der Waals surface area contributed by atoms with Gasteiger partial charge in [-0.25, -0.2) is 0 Å². The molecule has 2 rings (SSSR count). The number of hydrogen-bond donors (Lipinski definition) is 1. The van der Waals surface area contributed by atoms with Crippen LogP contribution in [0, 0.1) is 5.92 Å². The van der Waals surface area contributed by atoms with Crippen molar-refractivity contribution in [2.45, 2.75) is 84.2 Å². The number of benzene rings is 1. The van der Waals surface area contributed by atoms with Gasteiger partial charge in [-0.2, -0.15) is 0 Å². The molecule has 0 amide bonds. The van der Waals surface area contributed by atoms with Crippen molar-refractivity contribution in [1.82, 2.24) is 5.32 Å². The molecule has 0 spiro atoms. The Balaban J connectivity index is 1.67. The molecule has 2 unspecified atom stereocenters. The van der Waals surface area contributed by atoms with Crippen LogP contribution in [0.2, 0.25) is 0 Å². The second-order valence-corrected chi connectivity index (χ2v) is 7.26. The summed E-state index contributed by atoms with van der Waals surface area (Å²) >= 11 is 0. The standard InChI is InChI=1S/C21H35NO/c1-3-4-5-6-7-14-23-21-13-9-11-19(16-21)17-22-20-12-8-10-18(2)15-20/h9,11,13,16,18,20,22H,3-8,10,12,14-15,17H2,1-2H3. The second-order valence-electron chi connectivity index (χ2n) is 7.26. The van der Waals surface area contributed by atoms with Gasteiger partial charge < -0.3 is 10.1 Å². The van der Waals surface area contributed by atoms with Gasteiger partial charge in [0.2, 0.25) is 0 Å². The molecule has 1 fully saturated rings. The molecule has 0 bridgehead atoms. The SMILES string of the molecule is CCCCCCCOc1cccc(CNC2CCCC(C)C2)c1. The maximum Gasteiger partial charge on any atom is 0.119 e. The monoisotopic (exact) mass is 317 g/mol. The third kappa shape index (κ3) is 7.39. The predicted molar refractivity (Wildman–Crippen MR) is 99.0 cm³/mol. The van der Waals surface area contributed by atoms with Crippen molar-refractivity contribution in [3.05, 3.63) is 29.8 Å². The van der Waals surface area contributed by atoms with Gasteiger partial charge in [0.1, 0.15) is 5.75 Å². The van der Waals surface area contributed by atoms with E-state index in [4.69, 9.17) is 4.74 Å². The van der Waals surface area contributed by atoms with Crippen molar-refractivity contribution in [2.75, 3.05) is 6.61 Å². The molecule has 0 aromatic heterocycles. The molecule has 2 nitrogen and oxygen atoms in total. The zero-order valence-corrected chi connectivity index (χ0v) is 15.2. The summed E-state index contributed by atoms with van der Waals surface area (Å²) in [4.78, 5) is 0. The molecule has 1 saturated carbocycles. The number of hydrogen-bond acceptors (Lipinski definition) is 2. The molecule has 23 heavy (non-hydrogen) atoms. The van der Waals surface area contributed by atoms with E-state index < -0.39 is 0 Å². The van der Waals surface area contributed by atoms with Gasteiger partial charge in [0, 0.05) is 12.6 Å². The van der Waals surface area contributed by atoms with Crippen molar-refractivity contribution in [3.8, 4) is 5.75 Å². The zero-order valence-electron chi connectivity index (χ0n) is 15.2. The lowest BCUT2D eigenvalue weighted by Crippen LogP contribution is -2.33. The van der Waals surface area contributed by atoms with E-state index in [0.29, 0.717) is 6.04 Å². The van der Waals surface area contributed by atoms with Gasteiger partial charge in [-0.15, -0.1) is 0 Å². The highest BCUT2D eigenvalue weighted by Gasteiger charge is 2.17. The lowest BCUT2D eigenvalue weighted by atomic mass is 9.87. The Bertz CT molecular complexity index is 432. The van der Waals surface area contributed by atoms with Crippen LogP contribution in [-0.2, 0) is 6.54 Å². The summed E-state index contributed by atoms with van der Waals surface area (Å²) < 4.78 is 5.91. The number of ether oxygens (including phenoxy) is 1. The van der Waals surface area contributed by atoms with E-state index in [1.54, 1.807) is 0 Å². The van der Waals surface area contributed by atoms with Crippen LogP contribution in [0.3, 0.4) is 0 Å². The molecule has 1 aromatic carbocycles. The van der Waals surface area contributed by atoms with Crippen molar-refractivity contribution in [2.24, 2.45) is 5.92 Å². The van der Waals surface area contributed by atoms with Crippen molar-refractivity contribution < 1.29 is 4.74 Å². The Labute approximate surface area is 143 Å². The van der Waals surface area contributed by atoms with Gasteiger partial charge >= 0.3 is 0 Å². The highest BCUT2D eigenvalue weighted by atomic mass is 16.5. The van der Waals surface area contributed by atoms with Gasteiger partial charge in [0.05, 0.1) is 6.61 Å². The second kappa shape index (κ2) is 10.7. The van der Waals surface area contributed by atoms with Crippen LogP contribution in [-0.4, -0.2) is 12.6 Å². The van der Waals surface area contributed by atoms with Crippen LogP contribution in [0.25, 0.3) is 0 Å². The molecule has 0 saturated heterocycles. The summed E-state index contributed by atoms with van der Waals surface area (Å²) in [6.07, 6.45) is 11.9. The van der Waals surface area contributed by atoms with Gasteiger partial charge in [-0.3, -0.25) is 0 Å². The predicted octanol–water partition coefficient (Wildman–Crippen LogP) is 5.70. The number of unbranched alkanes of at least 4 members (excludes halogenated alkanes) is 4. The first-order chi connectivity index (χ1) is 11.3. The van der Waals surface area contributed by atoms with Crippen LogP contribution in [0.5, 0.6) is 5.75 Å². The molecule has 0 radical (unpaired) electrons. The molecule has 1 aliphatic carbocycles. The fourth-order valence-electron chi connectivity index (χ4n) is 3.52. The smallest absolute Gasteiger partial charge is 0.119 e. The van der Waals surface area contributed by atoms with Crippen LogP contribution in [0.15, 0.2) is 24.3 Å². The third-order valence-corrected chi connectivity index (χ3v) is 4.95. The van der Waals surface area contributed by atoms with Crippen molar-refractivity contribution >= 4 is 0 Å². The molecule has 1 aromatic rings. The summed E-state index contributed by atoms with van der Waals surface area (Å²) in [5, 5.41) is 3.73. The Morgan fingerprint density at radius 1 is 1.13 bits per heavy atom. The summed E-state index contributed by atoms with van der Waals surface area (Å²) in [7, 11) is 0. The molecule has 1 aliphatic rings. The van der Waals surface area contributed by atoms with E-state index >= 15 is 0 Å². The molecular weight excluding hydrogens is 282 g/mol. The molecule has 0 aliphatic heterocycles. The third-order valence-electron chi connectivity index (χ3n) is 4.95. The molecular formula is C21H35NO. The Morgan fingerprint density at radius 3 is 2.83 bits per heavy atom. The zero-order chi connectivity index (χ0) is 16.3. The number of nitrogens with one attached hydrogen (secondary N) is 1. The van der Waals surface area contributed by atoms with E-state index in [9.17, 15) is 0 Å². The molecule has 0 heterocycles. The fourth-order valence-corrected chi connectivity index (χ4v) is 3.52. The Kier molecular flexibility index (Phi) is 8.52. The summed E-state index contributed by atoms with van der Waals surface area (Å²) in [6, 6.07) is 9.30. The first-order valence-electron chi connectivity index (χ1n) is 9.73. The van der Waals surface area contributed by atoms with E-state index in [1.807, 2.05) is 0 Å².